The Bertz CT molecular complexity index is 899. The van der Waals surface area contributed by atoms with Gasteiger partial charge in [-0.3, -0.25) is 4.79 Å². The van der Waals surface area contributed by atoms with Crippen LogP contribution < -0.4 is 10.1 Å². The molecule has 129 valence electrons. The van der Waals surface area contributed by atoms with Crippen molar-refractivity contribution in [2.45, 2.75) is 20.0 Å². The Labute approximate surface area is 146 Å². The van der Waals surface area contributed by atoms with Gasteiger partial charge in [0.1, 0.15) is 12.4 Å². The highest BCUT2D eigenvalue weighted by atomic mass is 16.5. The van der Waals surface area contributed by atoms with Crippen LogP contribution >= 0.6 is 0 Å². The minimum Gasteiger partial charge on any atom is -0.497 e. The second-order valence-electron chi connectivity index (χ2n) is 6.04. The normalized spacial score (nSPS) is 10.8. The molecule has 5 heteroatoms. The van der Waals surface area contributed by atoms with Gasteiger partial charge >= 0.3 is 0 Å². The molecule has 0 bridgehead atoms. The number of aryl methyl sites for hydroxylation is 1. The number of carbonyl (C=O) groups is 1. The van der Waals surface area contributed by atoms with Gasteiger partial charge in [-0.2, -0.15) is 0 Å². The van der Waals surface area contributed by atoms with Crippen molar-refractivity contribution in [3.63, 3.8) is 0 Å². The van der Waals surface area contributed by atoms with Gasteiger partial charge in [0.15, 0.2) is 0 Å². The average Bonchev–Trinajstić information content (AvgIpc) is 3.03. The fraction of sp³-hybridized carbons (Fsp3) is 0.250. The molecule has 0 spiro atoms. The van der Waals surface area contributed by atoms with E-state index in [1.54, 1.807) is 18.2 Å². The number of benzene rings is 2. The van der Waals surface area contributed by atoms with Crippen molar-refractivity contribution in [2.24, 2.45) is 0 Å². The third-order valence-electron chi connectivity index (χ3n) is 4.32. The third-order valence-corrected chi connectivity index (χ3v) is 4.32. The minimum absolute atomic E-state index is 0.249. The van der Waals surface area contributed by atoms with Crippen molar-refractivity contribution in [1.82, 2.24) is 10.3 Å². The van der Waals surface area contributed by atoms with Crippen LogP contribution in [0, 0.1) is 6.92 Å². The van der Waals surface area contributed by atoms with Gasteiger partial charge in [-0.25, -0.2) is 5.11 Å². The molecule has 0 saturated carbocycles. The van der Waals surface area contributed by atoms with E-state index in [-0.39, 0.29) is 5.91 Å². The highest BCUT2D eigenvalue weighted by Gasteiger charge is 2.13. The van der Waals surface area contributed by atoms with Crippen molar-refractivity contribution in [3.05, 3.63) is 64.8 Å². The molecular formula is C20H21N2O3. The lowest BCUT2D eigenvalue weighted by Gasteiger charge is -2.10. The number of aromatic nitrogens is 1. The molecule has 0 atom stereocenters. The van der Waals surface area contributed by atoms with Crippen molar-refractivity contribution < 1.29 is 14.6 Å². The number of rotatable bonds is 6. The van der Waals surface area contributed by atoms with Crippen LogP contribution in [0.3, 0.4) is 0 Å². The summed E-state index contributed by atoms with van der Waals surface area (Å²) < 4.78 is 5.14. The summed E-state index contributed by atoms with van der Waals surface area (Å²) in [5, 5.41) is 15.3. The van der Waals surface area contributed by atoms with Crippen molar-refractivity contribution >= 4 is 16.8 Å². The standard InChI is InChI=1S/C20H21N2O3/c1-13-3-6-19-17(9-13)14(11-22-19)7-8-21-20(24)18-10-16(25-2)5-4-15(18)12-23/h3-6,9-11,22H,7-8,12H2,1-2H3,(H,21,24). The van der Waals surface area contributed by atoms with E-state index in [4.69, 9.17) is 4.74 Å². The summed E-state index contributed by atoms with van der Waals surface area (Å²) in [6, 6.07) is 11.2. The van der Waals surface area contributed by atoms with E-state index in [0.29, 0.717) is 29.8 Å². The Morgan fingerprint density at radius 2 is 2.00 bits per heavy atom. The Kier molecular flexibility index (Phi) is 5.05. The van der Waals surface area contributed by atoms with E-state index in [2.05, 4.69) is 35.4 Å². The summed E-state index contributed by atoms with van der Waals surface area (Å²) in [4.78, 5) is 15.7. The molecule has 3 rings (SSSR count). The monoisotopic (exact) mass is 337 g/mol. The number of ether oxygens (including phenoxy) is 1. The maximum absolute atomic E-state index is 12.4. The molecule has 1 aromatic heterocycles. The molecular weight excluding hydrogens is 316 g/mol. The van der Waals surface area contributed by atoms with Gasteiger partial charge in [-0.05, 0) is 48.7 Å². The van der Waals surface area contributed by atoms with Gasteiger partial charge in [0.25, 0.3) is 5.91 Å². The second-order valence-corrected chi connectivity index (χ2v) is 6.04. The average molecular weight is 337 g/mol. The van der Waals surface area contributed by atoms with Crippen LogP contribution in [0.15, 0.2) is 42.6 Å². The van der Waals surface area contributed by atoms with E-state index in [9.17, 15) is 9.90 Å². The Hall–Kier alpha value is -2.79. The first-order valence-corrected chi connectivity index (χ1v) is 8.22. The first-order chi connectivity index (χ1) is 12.1. The van der Waals surface area contributed by atoms with E-state index >= 15 is 0 Å². The number of aromatic amines is 1. The molecule has 0 aliphatic carbocycles. The summed E-state index contributed by atoms with van der Waals surface area (Å²) in [5.41, 5.74) is 4.31. The molecule has 3 aromatic rings. The quantitative estimate of drug-likeness (QED) is 0.723. The number of amides is 1. The molecule has 1 radical (unpaired) electrons. The van der Waals surface area contributed by atoms with Crippen LogP contribution in [0.25, 0.3) is 10.9 Å². The van der Waals surface area contributed by atoms with Crippen LogP contribution in [-0.4, -0.2) is 24.5 Å². The largest absolute Gasteiger partial charge is 0.497 e. The molecule has 0 unspecified atom stereocenters. The maximum atomic E-state index is 12.4. The van der Waals surface area contributed by atoms with E-state index in [1.807, 2.05) is 6.20 Å². The number of methoxy groups -OCH3 is 1. The van der Waals surface area contributed by atoms with E-state index < -0.39 is 6.61 Å². The SMILES string of the molecule is COc1ccc(C[O])c(C(=O)NCCc2c[nH]c3ccc(C)cc23)c1. The number of nitrogens with one attached hydrogen (secondary N) is 2. The Morgan fingerprint density at radius 3 is 2.76 bits per heavy atom. The number of H-pyrrole nitrogens is 1. The first-order valence-electron chi connectivity index (χ1n) is 8.22. The second kappa shape index (κ2) is 7.40. The van der Waals surface area contributed by atoms with E-state index in [0.717, 1.165) is 11.1 Å². The van der Waals surface area contributed by atoms with Crippen LogP contribution in [0.1, 0.15) is 27.0 Å². The Balaban J connectivity index is 1.69. The maximum Gasteiger partial charge on any atom is 0.251 e. The minimum atomic E-state index is -0.436. The van der Waals surface area contributed by atoms with Gasteiger partial charge in [0, 0.05) is 29.2 Å². The lowest BCUT2D eigenvalue weighted by Crippen LogP contribution is -2.26. The van der Waals surface area contributed by atoms with Crippen LogP contribution in [0.5, 0.6) is 5.75 Å². The number of carbonyl (C=O) groups excluding carboxylic acids is 1. The van der Waals surface area contributed by atoms with E-state index in [1.165, 1.54) is 18.1 Å². The smallest absolute Gasteiger partial charge is 0.251 e. The first kappa shape index (κ1) is 17.0. The highest BCUT2D eigenvalue weighted by Crippen LogP contribution is 2.20. The van der Waals surface area contributed by atoms with Crippen LogP contribution in [0.4, 0.5) is 0 Å². The van der Waals surface area contributed by atoms with Crippen molar-refractivity contribution in [3.8, 4) is 5.75 Å². The topological polar surface area (TPSA) is 74.0 Å². The number of hydrogen-bond acceptors (Lipinski definition) is 2. The number of fused-ring (bicyclic) bond motifs is 1. The summed E-state index contributed by atoms with van der Waals surface area (Å²) in [6.07, 6.45) is 2.69. The van der Waals surface area contributed by atoms with Crippen molar-refractivity contribution in [1.29, 1.82) is 0 Å². The predicted molar refractivity (Wildman–Crippen MR) is 96.5 cm³/mol. The molecule has 0 saturated heterocycles. The summed E-state index contributed by atoms with van der Waals surface area (Å²) in [6.45, 7) is 2.12. The molecule has 1 amide bonds. The van der Waals surface area contributed by atoms with Gasteiger partial charge in [-0.15, -0.1) is 0 Å². The summed E-state index contributed by atoms with van der Waals surface area (Å²) in [7, 11) is 1.53. The zero-order valence-electron chi connectivity index (χ0n) is 14.4. The molecule has 0 aliphatic heterocycles. The van der Waals surface area contributed by atoms with Crippen molar-refractivity contribution in [2.75, 3.05) is 13.7 Å². The molecule has 5 nitrogen and oxygen atoms in total. The molecule has 1 heterocycles. The zero-order valence-corrected chi connectivity index (χ0v) is 14.4. The van der Waals surface area contributed by atoms with Gasteiger partial charge < -0.3 is 15.0 Å². The zero-order chi connectivity index (χ0) is 17.8. The summed E-state index contributed by atoms with van der Waals surface area (Å²) in [5.74, 6) is 0.315. The lowest BCUT2D eigenvalue weighted by atomic mass is 10.1. The lowest BCUT2D eigenvalue weighted by molar-refractivity contribution is 0.0947. The predicted octanol–water partition coefficient (Wildman–Crippen LogP) is 3.39. The van der Waals surface area contributed by atoms with Gasteiger partial charge in [0.05, 0.1) is 7.11 Å². The third kappa shape index (κ3) is 3.67. The highest BCUT2D eigenvalue weighted by molar-refractivity contribution is 5.96. The van der Waals surface area contributed by atoms with Crippen LogP contribution in [0.2, 0.25) is 0 Å². The molecule has 0 aliphatic rings. The molecule has 0 fully saturated rings. The fourth-order valence-corrected chi connectivity index (χ4v) is 2.92. The summed E-state index contributed by atoms with van der Waals surface area (Å²) >= 11 is 0. The van der Waals surface area contributed by atoms with Crippen LogP contribution in [-0.2, 0) is 18.1 Å². The Morgan fingerprint density at radius 1 is 1.16 bits per heavy atom. The molecule has 25 heavy (non-hydrogen) atoms. The van der Waals surface area contributed by atoms with Gasteiger partial charge in [-0.1, -0.05) is 17.7 Å². The van der Waals surface area contributed by atoms with Gasteiger partial charge in [0.2, 0.25) is 0 Å². The molecule has 2 aromatic carbocycles. The number of hydrogen-bond donors (Lipinski definition) is 2. The fourth-order valence-electron chi connectivity index (χ4n) is 2.92. The molecule has 2 N–H and O–H groups in total.